The fourth-order valence-electron chi connectivity index (χ4n) is 5.29. The molecule has 1 aromatic heterocycles. The van der Waals surface area contributed by atoms with E-state index >= 15 is 0 Å². The Balaban J connectivity index is 1.38. The number of carbonyl (C=O) groups excluding carboxylic acids is 1. The van der Waals surface area contributed by atoms with Gasteiger partial charge < -0.3 is 9.80 Å². The third kappa shape index (κ3) is 3.27. The predicted molar refractivity (Wildman–Crippen MR) is 117 cm³/mol. The average Bonchev–Trinajstić information content (AvgIpc) is 2.77. The van der Waals surface area contributed by atoms with E-state index in [4.69, 9.17) is 4.98 Å². The summed E-state index contributed by atoms with van der Waals surface area (Å²) in [5.74, 6) is 1.34. The van der Waals surface area contributed by atoms with Crippen molar-refractivity contribution < 1.29 is 4.79 Å². The van der Waals surface area contributed by atoms with Crippen LogP contribution in [0.25, 0.3) is 10.8 Å². The Morgan fingerprint density at radius 1 is 0.966 bits per heavy atom. The SMILES string of the molecule is CN1CC2(CCN(c3nccc4ccccc34)CC2)C[C@@H](c2ccccc2)C1=O. The summed E-state index contributed by atoms with van der Waals surface area (Å²) in [6, 6.07) is 20.9. The van der Waals surface area contributed by atoms with Gasteiger partial charge in [-0.2, -0.15) is 0 Å². The van der Waals surface area contributed by atoms with Gasteiger partial charge in [-0.25, -0.2) is 4.98 Å². The molecule has 3 heterocycles. The number of hydrogen-bond donors (Lipinski definition) is 0. The van der Waals surface area contributed by atoms with Gasteiger partial charge in [-0.1, -0.05) is 54.6 Å². The number of hydrogen-bond acceptors (Lipinski definition) is 3. The van der Waals surface area contributed by atoms with Gasteiger partial charge in [-0.15, -0.1) is 0 Å². The zero-order valence-corrected chi connectivity index (χ0v) is 16.9. The molecule has 148 valence electrons. The highest BCUT2D eigenvalue weighted by Crippen LogP contribution is 2.46. The number of rotatable bonds is 2. The van der Waals surface area contributed by atoms with Crippen molar-refractivity contribution >= 4 is 22.5 Å². The van der Waals surface area contributed by atoms with E-state index in [9.17, 15) is 4.79 Å². The number of pyridine rings is 1. The number of anilines is 1. The number of amides is 1. The van der Waals surface area contributed by atoms with Crippen LogP contribution in [0.3, 0.4) is 0 Å². The summed E-state index contributed by atoms with van der Waals surface area (Å²) >= 11 is 0. The molecule has 2 saturated heterocycles. The highest BCUT2D eigenvalue weighted by molar-refractivity contribution is 5.92. The van der Waals surface area contributed by atoms with Crippen LogP contribution >= 0.6 is 0 Å². The number of likely N-dealkylation sites (tertiary alicyclic amines) is 1. The molecule has 2 aliphatic rings. The van der Waals surface area contributed by atoms with Gasteiger partial charge in [0.2, 0.25) is 5.91 Å². The molecule has 2 aromatic carbocycles. The second-order valence-electron chi connectivity index (χ2n) is 8.70. The summed E-state index contributed by atoms with van der Waals surface area (Å²) in [7, 11) is 1.97. The molecule has 2 aliphatic heterocycles. The van der Waals surface area contributed by atoms with E-state index in [1.807, 2.05) is 36.3 Å². The molecule has 0 saturated carbocycles. The summed E-state index contributed by atoms with van der Waals surface area (Å²) in [6.45, 7) is 2.85. The van der Waals surface area contributed by atoms with Gasteiger partial charge in [-0.05, 0) is 41.7 Å². The molecule has 0 N–H and O–H groups in total. The average molecular weight is 386 g/mol. The van der Waals surface area contributed by atoms with Crippen molar-refractivity contribution in [2.45, 2.75) is 25.2 Å². The highest BCUT2D eigenvalue weighted by Gasteiger charge is 2.45. The maximum atomic E-state index is 12.9. The smallest absolute Gasteiger partial charge is 0.229 e. The van der Waals surface area contributed by atoms with Crippen LogP contribution in [-0.4, -0.2) is 42.5 Å². The van der Waals surface area contributed by atoms with Crippen molar-refractivity contribution in [3.05, 3.63) is 72.4 Å². The zero-order chi connectivity index (χ0) is 19.8. The van der Waals surface area contributed by atoms with Crippen LogP contribution in [0.5, 0.6) is 0 Å². The number of carbonyl (C=O) groups is 1. The lowest BCUT2D eigenvalue weighted by atomic mass is 9.67. The van der Waals surface area contributed by atoms with Crippen LogP contribution < -0.4 is 4.90 Å². The van der Waals surface area contributed by atoms with Crippen molar-refractivity contribution in [1.29, 1.82) is 0 Å². The fourth-order valence-corrected chi connectivity index (χ4v) is 5.29. The second kappa shape index (κ2) is 7.18. The van der Waals surface area contributed by atoms with Crippen LogP contribution in [-0.2, 0) is 4.79 Å². The number of fused-ring (bicyclic) bond motifs is 1. The van der Waals surface area contributed by atoms with E-state index in [0.29, 0.717) is 0 Å². The minimum absolute atomic E-state index is 0.0165. The van der Waals surface area contributed by atoms with Crippen molar-refractivity contribution in [3.63, 3.8) is 0 Å². The van der Waals surface area contributed by atoms with E-state index in [1.54, 1.807) is 0 Å². The molecular formula is C25H27N3O. The quantitative estimate of drug-likeness (QED) is 0.653. The lowest BCUT2D eigenvalue weighted by Crippen LogP contribution is -2.53. The van der Waals surface area contributed by atoms with Gasteiger partial charge in [0.1, 0.15) is 5.82 Å². The van der Waals surface area contributed by atoms with Crippen molar-refractivity contribution in [3.8, 4) is 0 Å². The molecular weight excluding hydrogens is 358 g/mol. The topological polar surface area (TPSA) is 36.4 Å². The summed E-state index contributed by atoms with van der Waals surface area (Å²) in [4.78, 5) is 22.0. The van der Waals surface area contributed by atoms with Gasteiger partial charge >= 0.3 is 0 Å². The number of likely N-dealkylation sites (N-methyl/N-ethyl adjacent to an activating group) is 1. The van der Waals surface area contributed by atoms with Crippen LogP contribution in [0.1, 0.15) is 30.7 Å². The zero-order valence-electron chi connectivity index (χ0n) is 16.9. The van der Waals surface area contributed by atoms with Crippen LogP contribution in [0, 0.1) is 5.41 Å². The Morgan fingerprint density at radius 2 is 1.69 bits per heavy atom. The lowest BCUT2D eigenvalue weighted by molar-refractivity contribution is -0.138. The van der Waals surface area contributed by atoms with E-state index in [2.05, 4.69) is 47.4 Å². The standard InChI is InChI=1S/C25H27N3O/c1-27-18-25(17-22(24(27)29)19-7-3-2-4-8-19)12-15-28(16-13-25)23-21-10-6-5-9-20(21)11-14-26-23/h2-11,14,22H,12-13,15-18H2,1H3/t22-/m0/s1. The van der Waals surface area contributed by atoms with E-state index in [0.717, 1.165) is 50.3 Å². The summed E-state index contributed by atoms with van der Waals surface area (Å²) in [5, 5.41) is 2.47. The van der Waals surface area contributed by atoms with Gasteiger partial charge in [0, 0.05) is 38.3 Å². The minimum atomic E-state index is -0.0165. The third-order valence-electron chi connectivity index (χ3n) is 6.86. The largest absolute Gasteiger partial charge is 0.356 e. The van der Waals surface area contributed by atoms with Crippen molar-refractivity contribution in [2.24, 2.45) is 5.41 Å². The molecule has 5 rings (SSSR count). The number of piperidine rings is 2. The molecule has 0 aliphatic carbocycles. The van der Waals surface area contributed by atoms with Crippen molar-refractivity contribution in [1.82, 2.24) is 9.88 Å². The Labute approximate surface area is 172 Å². The maximum Gasteiger partial charge on any atom is 0.229 e. The van der Waals surface area contributed by atoms with E-state index < -0.39 is 0 Å². The van der Waals surface area contributed by atoms with E-state index in [1.165, 1.54) is 10.8 Å². The predicted octanol–water partition coefficient (Wildman–Crippen LogP) is 4.47. The minimum Gasteiger partial charge on any atom is -0.356 e. The molecule has 4 nitrogen and oxygen atoms in total. The van der Waals surface area contributed by atoms with Gasteiger partial charge in [-0.3, -0.25) is 4.79 Å². The highest BCUT2D eigenvalue weighted by atomic mass is 16.2. The normalized spacial score (nSPS) is 21.7. The molecule has 29 heavy (non-hydrogen) atoms. The molecule has 0 radical (unpaired) electrons. The van der Waals surface area contributed by atoms with Crippen LogP contribution in [0.15, 0.2) is 66.9 Å². The molecule has 1 spiro atoms. The van der Waals surface area contributed by atoms with Crippen molar-refractivity contribution in [2.75, 3.05) is 31.6 Å². The number of aromatic nitrogens is 1. The van der Waals surface area contributed by atoms with Gasteiger partial charge in [0.05, 0.1) is 5.92 Å². The molecule has 2 fully saturated rings. The monoisotopic (exact) mass is 385 g/mol. The molecule has 1 atom stereocenters. The van der Waals surface area contributed by atoms with Gasteiger partial charge in [0.25, 0.3) is 0 Å². The summed E-state index contributed by atoms with van der Waals surface area (Å²) in [5.41, 5.74) is 1.35. The molecule has 0 bridgehead atoms. The molecule has 0 unspecified atom stereocenters. The third-order valence-corrected chi connectivity index (χ3v) is 6.86. The first kappa shape index (κ1) is 18.2. The number of nitrogens with zero attached hydrogens (tertiary/aromatic N) is 3. The molecule has 3 aromatic rings. The van der Waals surface area contributed by atoms with Gasteiger partial charge in [0.15, 0.2) is 0 Å². The maximum absolute atomic E-state index is 12.9. The summed E-state index contributed by atoms with van der Waals surface area (Å²) in [6.07, 6.45) is 5.06. The Morgan fingerprint density at radius 3 is 2.48 bits per heavy atom. The van der Waals surface area contributed by atoms with E-state index in [-0.39, 0.29) is 17.2 Å². The molecule has 4 heteroatoms. The first-order chi connectivity index (χ1) is 14.2. The molecule has 1 amide bonds. The lowest BCUT2D eigenvalue weighted by Gasteiger charge is -2.49. The summed E-state index contributed by atoms with van der Waals surface area (Å²) < 4.78 is 0. The first-order valence-corrected chi connectivity index (χ1v) is 10.5. The Bertz CT molecular complexity index is 1020. The van der Waals surface area contributed by atoms with Crippen LogP contribution in [0.2, 0.25) is 0 Å². The fraction of sp³-hybridized carbons (Fsp3) is 0.360. The Hall–Kier alpha value is -2.88. The first-order valence-electron chi connectivity index (χ1n) is 10.5. The second-order valence-corrected chi connectivity index (χ2v) is 8.70. The number of benzene rings is 2. The van der Waals surface area contributed by atoms with Crippen LogP contribution in [0.4, 0.5) is 5.82 Å². The Kier molecular flexibility index (Phi) is 4.50.